The summed E-state index contributed by atoms with van der Waals surface area (Å²) in [6.45, 7) is 10.5. The van der Waals surface area contributed by atoms with Crippen LogP contribution in [0.2, 0.25) is 0 Å². The first kappa shape index (κ1) is 22.4. The average Bonchev–Trinajstić information content (AvgIpc) is 2.55. The first-order valence-electron chi connectivity index (χ1n) is 9.13. The standard InChI is InChI=1S/C18H36O5/c1-4-7-9-17(5-2)16-22-15-14-21-13-12-20-11-8-10-18(19)23-6-3/h17H,4-16H2,1-3H3. The molecule has 1 atom stereocenters. The largest absolute Gasteiger partial charge is 0.466 e. The van der Waals surface area contributed by atoms with E-state index in [4.69, 9.17) is 18.9 Å². The van der Waals surface area contributed by atoms with E-state index in [0.717, 1.165) is 6.61 Å². The van der Waals surface area contributed by atoms with Gasteiger partial charge in [0.1, 0.15) is 0 Å². The molecule has 0 aliphatic heterocycles. The molecule has 1 unspecified atom stereocenters. The zero-order valence-corrected chi connectivity index (χ0v) is 15.3. The van der Waals surface area contributed by atoms with Crippen LogP contribution in [-0.2, 0) is 23.7 Å². The third-order valence-corrected chi connectivity index (χ3v) is 3.62. The van der Waals surface area contributed by atoms with Crippen LogP contribution in [0.4, 0.5) is 0 Å². The summed E-state index contributed by atoms with van der Waals surface area (Å²) < 4.78 is 21.3. The molecule has 0 heterocycles. The lowest BCUT2D eigenvalue weighted by atomic mass is 10.0. The van der Waals surface area contributed by atoms with Gasteiger partial charge >= 0.3 is 5.97 Å². The topological polar surface area (TPSA) is 54.0 Å². The van der Waals surface area contributed by atoms with Gasteiger partial charge in [-0.25, -0.2) is 0 Å². The van der Waals surface area contributed by atoms with E-state index >= 15 is 0 Å². The third kappa shape index (κ3) is 16.0. The van der Waals surface area contributed by atoms with E-state index in [9.17, 15) is 4.79 Å². The number of hydrogen-bond donors (Lipinski definition) is 0. The lowest BCUT2D eigenvalue weighted by molar-refractivity contribution is -0.143. The molecule has 5 nitrogen and oxygen atoms in total. The molecule has 0 amide bonds. The molecule has 0 rings (SSSR count). The van der Waals surface area contributed by atoms with E-state index < -0.39 is 0 Å². The van der Waals surface area contributed by atoms with E-state index in [1.165, 1.54) is 25.7 Å². The van der Waals surface area contributed by atoms with Crippen LogP contribution in [0.1, 0.15) is 59.3 Å². The summed E-state index contributed by atoms with van der Waals surface area (Å²) in [5.41, 5.74) is 0. The second-order valence-electron chi connectivity index (χ2n) is 5.62. The Morgan fingerprint density at radius 2 is 1.52 bits per heavy atom. The molecule has 0 saturated heterocycles. The highest BCUT2D eigenvalue weighted by Gasteiger charge is 2.05. The van der Waals surface area contributed by atoms with E-state index in [1.807, 2.05) is 6.92 Å². The quantitative estimate of drug-likeness (QED) is 0.301. The van der Waals surface area contributed by atoms with Crippen molar-refractivity contribution in [2.75, 3.05) is 46.2 Å². The number of esters is 1. The van der Waals surface area contributed by atoms with Crippen LogP contribution in [0.15, 0.2) is 0 Å². The molecule has 5 heteroatoms. The fourth-order valence-electron chi connectivity index (χ4n) is 2.14. The second-order valence-corrected chi connectivity index (χ2v) is 5.62. The Kier molecular flexibility index (Phi) is 17.2. The van der Waals surface area contributed by atoms with Gasteiger partial charge in [-0.2, -0.15) is 0 Å². The summed E-state index contributed by atoms with van der Waals surface area (Å²) in [7, 11) is 0. The van der Waals surface area contributed by atoms with Crippen molar-refractivity contribution in [3.63, 3.8) is 0 Å². The Morgan fingerprint density at radius 3 is 2.13 bits per heavy atom. The maximum absolute atomic E-state index is 11.1. The fraction of sp³-hybridized carbons (Fsp3) is 0.944. The maximum atomic E-state index is 11.1. The van der Waals surface area contributed by atoms with Crippen molar-refractivity contribution in [2.45, 2.75) is 59.3 Å². The van der Waals surface area contributed by atoms with Gasteiger partial charge in [0.25, 0.3) is 0 Å². The predicted molar refractivity (Wildman–Crippen MR) is 91.6 cm³/mol. The second kappa shape index (κ2) is 17.7. The number of ether oxygens (including phenoxy) is 4. The van der Waals surface area contributed by atoms with Crippen LogP contribution in [-0.4, -0.2) is 52.2 Å². The number of unbranched alkanes of at least 4 members (excludes halogenated alkanes) is 1. The normalized spacial score (nSPS) is 12.3. The Hall–Kier alpha value is -0.650. The molecular weight excluding hydrogens is 296 g/mol. The Labute approximate surface area is 142 Å². The highest BCUT2D eigenvalue weighted by molar-refractivity contribution is 5.69. The Bertz CT molecular complexity index is 258. The van der Waals surface area contributed by atoms with Crippen molar-refractivity contribution in [1.82, 2.24) is 0 Å². The van der Waals surface area contributed by atoms with Gasteiger partial charge < -0.3 is 18.9 Å². The molecule has 0 spiro atoms. The van der Waals surface area contributed by atoms with Crippen LogP contribution < -0.4 is 0 Å². The smallest absolute Gasteiger partial charge is 0.305 e. The molecule has 0 aromatic heterocycles. The highest BCUT2D eigenvalue weighted by Crippen LogP contribution is 2.12. The number of rotatable bonds is 17. The van der Waals surface area contributed by atoms with Crippen molar-refractivity contribution in [3.05, 3.63) is 0 Å². The zero-order chi connectivity index (χ0) is 17.2. The van der Waals surface area contributed by atoms with Crippen LogP contribution in [0, 0.1) is 5.92 Å². The number of hydrogen-bond acceptors (Lipinski definition) is 5. The molecule has 138 valence electrons. The van der Waals surface area contributed by atoms with Gasteiger partial charge in [-0.15, -0.1) is 0 Å². The molecule has 0 aliphatic carbocycles. The summed E-state index contributed by atoms with van der Waals surface area (Å²) in [5.74, 6) is 0.520. The van der Waals surface area contributed by atoms with Crippen LogP contribution >= 0.6 is 0 Å². The van der Waals surface area contributed by atoms with Crippen molar-refractivity contribution in [3.8, 4) is 0 Å². The maximum Gasteiger partial charge on any atom is 0.305 e. The monoisotopic (exact) mass is 332 g/mol. The van der Waals surface area contributed by atoms with Gasteiger partial charge in [-0.3, -0.25) is 4.79 Å². The summed E-state index contributed by atoms with van der Waals surface area (Å²) in [4.78, 5) is 11.1. The summed E-state index contributed by atoms with van der Waals surface area (Å²) in [5, 5.41) is 0. The molecule has 0 fully saturated rings. The molecule has 23 heavy (non-hydrogen) atoms. The molecule has 0 bridgehead atoms. The summed E-state index contributed by atoms with van der Waals surface area (Å²) >= 11 is 0. The van der Waals surface area contributed by atoms with Crippen molar-refractivity contribution >= 4 is 5.97 Å². The molecule has 0 N–H and O–H groups in total. The summed E-state index contributed by atoms with van der Waals surface area (Å²) in [6.07, 6.45) is 6.08. The van der Waals surface area contributed by atoms with Crippen molar-refractivity contribution in [2.24, 2.45) is 5.92 Å². The minimum absolute atomic E-state index is 0.159. The van der Waals surface area contributed by atoms with E-state index in [-0.39, 0.29) is 5.97 Å². The molecule has 0 aromatic carbocycles. The summed E-state index contributed by atoms with van der Waals surface area (Å²) in [6, 6.07) is 0. The first-order chi connectivity index (χ1) is 11.2. The minimum Gasteiger partial charge on any atom is -0.466 e. The van der Waals surface area contributed by atoms with Gasteiger partial charge in [-0.1, -0.05) is 33.1 Å². The molecule has 0 aromatic rings. The zero-order valence-electron chi connectivity index (χ0n) is 15.3. The number of carbonyl (C=O) groups excluding carboxylic acids is 1. The van der Waals surface area contributed by atoms with E-state index in [2.05, 4.69) is 13.8 Å². The first-order valence-corrected chi connectivity index (χ1v) is 9.13. The fourth-order valence-corrected chi connectivity index (χ4v) is 2.14. The third-order valence-electron chi connectivity index (χ3n) is 3.62. The van der Waals surface area contributed by atoms with Crippen LogP contribution in [0.3, 0.4) is 0 Å². The predicted octanol–water partition coefficient (Wildman–Crippen LogP) is 3.60. The van der Waals surface area contributed by atoms with Gasteiger partial charge in [0.15, 0.2) is 0 Å². The highest BCUT2D eigenvalue weighted by atomic mass is 16.5. The van der Waals surface area contributed by atoms with E-state index in [0.29, 0.717) is 58.4 Å². The van der Waals surface area contributed by atoms with Crippen LogP contribution in [0.25, 0.3) is 0 Å². The van der Waals surface area contributed by atoms with E-state index in [1.54, 1.807) is 0 Å². The van der Waals surface area contributed by atoms with Gasteiger partial charge in [0.05, 0.1) is 33.0 Å². The molecule has 0 aliphatic rings. The Balaban J connectivity index is 3.22. The molecular formula is C18H36O5. The SMILES string of the molecule is CCCCC(CC)COCCOCCOCCCC(=O)OCC. The average molecular weight is 332 g/mol. The van der Waals surface area contributed by atoms with Crippen molar-refractivity contribution in [1.29, 1.82) is 0 Å². The van der Waals surface area contributed by atoms with Gasteiger partial charge in [0.2, 0.25) is 0 Å². The lowest BCUT2D eigenvalue weighted by Gasteiger charge is -2.14. The minimum atomic E-state index is -0.159. The molecule has 0 saturated carbocycles. The van der Waals surface area contributed by atoms with Crippen molar-refractivity contribution < 1.29 is 23.7 Å². The molecule has 0 radical (unpaired) electrons. The Morgan fingerprint density at radius 1 is 0.870 bits per heavy atom. The lowest BCUT2D eigenvalue weighted by Crippen LogP contribution is -2.14. The number of carbonyl (C=O) groups is 1. The van der Waals surface area contributed by atoms with Crippen LogP contribution in [0.5, 0.6) is 0 Å². The van der Waals surface area contributed by atoms with Gasteiger partial charge in [0, 0.05) is 19.6 Å². The van der Waals surface area contributed by atoms with Gasteiger partial charge in [-0.05, 0) is 25.7 Å².